The van der Waals surface area contributed by atoms with Crippen LogP contribution in [0, 0.1) is 23.3 Å². The Morgan fingerprint density at radius 1 is 1.64 bits per heavy atom. The quantitative estimate of drug-likeness (QED) is 0.433. The Morgan fingerprint density at radius 3 is 2.64 bits per heavy atom. The molecule has 72 valence electrons. The SMILES string of the molecule is [C-]#[N+]/C(C#N)=C1/C=C(C(C)(C)C)OC1. The summed E-state index contributed by atoms with van der Waals surface area (Å²) in [5, 5.41) is 8.67. The maximum Gasteiger partial charge on any atom is 0.268 e. The van der Waals surface area contributed by atoms with Crippen molar-refractivity contribution < 1.29 is 4.74 Å². The van der Waals surface area contributed by atoms with E-state index >= 15 is 0 Å². The molecule has 1 rings (SSSR count). The number of allylic oxidation sites excluding steroid dienone is 2. The highest BCUT2D eigenvalue weighted by molar-refractivity contribution is 5.43. The van der Waals surface area contributed by atoms with E-state index in [2.05, 4.69) is 4.85 Å². The van der Waals surface area contributed by atoms with Crippen molar-refractivity contribution in [2.45, 2.75) is 20.8 Å². The first-order valence-electron chi connectivity index (χ1n) is 4.34. The summed E-state index contributed by atoms with van der Waals surface area (Å²) in [6, 6.07) is 1.87. The minimum absolute atomic E-state index is 0.0651. The molecule has 0 aromatic rings. The van der Waals surface area contributed by atoms with Crippen molar-refractivity contribution in [2.75, 3.05) is 6.61 Å². The summed E-state index contributed by atoms with van der Waals surface area (Å²) in [6.45, 7) is 13.3. The van der Waals surface area contributed by atoms with Crippen LogP contribution in [-0.2, 0) is 4.74 Å². The minimum Gasteiger partial charge on any atom is -0.494 e. The molecule has 0 fully saturated rings. The van der Waals surface area contributed by atoms with E-state index in [0.29, 0.717) is 12.2 Å². The molecule has 1 aliphatic rings. The van der Waals surface area contributed by atoms with E-state index in [-0.39, 0.29) is 11.1 Å². The first-order valence-corrected chi connectivity index (χ1v) is 4.34. The van der Waals surface area contributed by atoms with Crippen molar-refractivity contribution in [3.63, 3.8) is 0 Å². The van der Waals surface area contributed by atoms with Gasteiger partial charge >= 0.3 is 0 Å². The van der Waals surface area contributed by atoms with E-state index in [4.69, 9.17) is 16.6 Å². The van der Waals surface area contributed by atoms with Crippen LogP contribution >= 0.6 is 0 Å². The van der Waals surface area contributed by atoms with E-state index in [0.717, 1.165) is 5.76 Å². The molecule has 0 aromatic carbocycles. The Bertz CT molecular complexity index is 367. The van der Waals surface area contributed by atoms with Crippen molar-refractivity contribution in [3.8, 4) is 6.07 Å². The largest absolute Gasteiger partial charge is 0.494 e. The molecule has 0 atom stereocenters. The first-order chi connectivity index (χ1) is 6.49. The van der Waals surface area contributed by atoms with E-state index < -0.39 is 0 Å². The van der Waals surface area contributed by atoms with Gasteiger partial charge in [0.25, 0.3) is 5.70 Å². The monoisotopic (exact) mass is 188 g/mol. The predicted octanol–water partition coefficient (Wildman–Crippen LogP) is 2.64. The molecule has 0 aliphatic carbocycles. The van der Waals surface area contributed by atoms with Gasteiger partial charge in [-0.1, -0.05) is 20.8 Å². The highest BCUT2D eigenvalue weighted by Crippen LogP contribution is 2.32. The average Bonchev–Trinajstić information content (AvgIpc) is 2.54. The molecular weight excluding hydrogens is 176 g/mol. The van der Waals surface area contributed by atoms with Crippen molar-refractivity contribution in [3.05, 3.63) is 34.5 Å². The van der Waals surface area contributed by atoms with Crippen LogP contribution in [0.2, 0.25) is 0 Å². The van der Waals surface area contributed by atoms with Gasteiger partial charge in [-0.3, -0.25) is 0 Å². The maximum atomic E-state index is 8.67. The molecule has 0 radical (unpaired) electrons. The topological polar surface area (TPSA) is 37.4 Å². The molecule has 0 unspecified atom stereocenters. The van der Waals surface area contributed by atoms with Crippen LogP contribution in [0.1, 0.15) is 20.8 Å². The van der Waals surface area contributed by atoms with Crippen LogP contribution in [0.5, 0.6) is 0 Å². The second-order valence-electron chi connectivity index (χ2n) is 4.14. The molecule has 0 bridgehead atoms. The van der Waals surface area contributed by atoms with E-state index in [1.807, 2.05) is 26.8 Å². The number of hydrogen-bond donors (Lipinski definition) is 0. The second kappa shape index (κ2) is 3.55. The lowest BCUT2D eigenvalue weighted by molar-refractivity contribution is 0.189. The van der Waals surface area contributed by atoms with Crippen molar-refractivity contribution in [1.29, 1.82) is 5.26 Å². The van der Waals surface area contributed by atoms with E-state index in [9.17, 15) is 0 Å². The van der Waals surface area contributed by atoms with Crippen LogP contribution in [0.4, 0.5) is 0 Å². The van der Waals surface area contributed by atoms with Crippen molar-refractivity contribution >= 4 is 0 Å². The van der Waals surface area contributed by atoms with Crippen LogP contribution in [0.15, 0.2) is 23.1 Å². The summed E-state index contributed by atoms with van der Waals surface area (Å²) < 4.78 is 5.42. The fourth-order valence-corrected chi connectivity index (χ4v) is 1.14. The molecular formula is C11H12N2O. The van der Waals surface area contributed by atoms with Crippen LogP contribution in [0.25, 0.3) is 4.85 Å². The molecule has 0 saturated heterocycles. The number of nitrogens with zero attached hydrogens (tertiary/aromatic N) is 2. The summed E-state index contributed by atoms with van der Waals surface area (Å²) in [5.41, 5.74) is 0.751. The third-order valence-corrected chi connectivity index (χ3v) is 1.95. The summed E-state index contributed by atoms with van der Waals surface area (Å²) in [7, 11) is 0. The summed E-state index contributed by atoms with van der Waals surface area (Å²) in [6.07, 6.45) is 1.80. The molecule has 3 nitrogen and oxygen atoms in total. The normalized spacial score (nSPS) is 19.1. The molecule has 1 aliphatic heterocycles. The Morgan fingerprint density at radius 2 is 2.29 bits per heavy atom. The number of ether oxygens (including phenoxy) is 1. The minimum atomic E-state index is -0.0651. The lowest BCUT2D eigenvalue weighted by Gasteiger charge is -2.18. The molecule has 0 aromatic heterocycles. The molecule has 0 amide bonds. The molecule has 0 saturated carbocycles. The highest BCUT2D eigenvalue weighted by Gasteiger charge is 2.24. The molecule has 0 N–H and O–H groups in total. The third-order valence-electron chi connectivity index (χ3n) is 1.95. The fourth-order valence-electron chi connectivity index (χ4n) is 1.14. The fraction of sp³-hybridized carbons (Fsp3) is 0.455. The van der Waals surface area contributed by atoms with Crippen LogP contribution in [-0.4, -0.2) is 6.61 Å². The van der Waals surface area contributed by atoms with Gasteiger partial charge in [0.15, 0.2) is 0 Å². The lowest BCUT2D eigenvalue weighted by atomic mass is 9.93. The Balaban J connectivity index is 3.05. The molecule has 1 heterocycles. The summed E-state index contributed by atoms with van der Waals surface area (Å²) in [4.78, 5) is 3.15. The number of nitriles is 1. The Hall–Kier alpha value is -1.74. The van der Waals surface area contributed by atoms with Crippen molar-refractivity contribution in [2.24, 2.45) is 5.41 Å². The standard InChI is InChI=1S/C11H12N2O/c1-11(2,3)10-5-8(7-14-10)9(6-12)13-4/h5H,7H2,1-3H3/b9-8-. The predicted molar refractivity (Wildman–Crippen MR) is 52.7 cm³/mol. The van der Waals surface area contributed by atoms with Gasteiger partial charge in [0.05, 0.1) is 12.6 Å². The maximum absolute atomic E-state index is 8.67. The second-order valence-corrected chi connectivity index (χ2v) is 4.14. The summed E-state index contributed by atoms with van der Waals surface area (Å²) in [5.74, 6) is 0.837. The van der Waals surface area contributed by atoms with Crippen molar-refractivity contribution in [1.82, 2.24) is 0 Å². The zero-order valence-corrected chi connectivity index (χ0v) is 8.59. The van der Waals surface area contributed by atoms with Gasteiger partial charge in [0.2, 0.25) is 0 Å². The van der Waals surface area contributed by atoms with Crippen LogP contribution < -0.4 is 0 Å². The number of rotatable bonds is 0. The van der Waals surface area contributed by atoms with Gasteiger partial charge in [-0.05, 0) is 6.08 Å². The smallest absolute Gasteiger partial charge is 0.268 e. The van der Waals surface area contributed by atoms with Gasteiger partial charge in [-0.2, -0.15) is 0 Å². The molecule has 3 heteroatoms. The number of hydrogen-bond acceptors (Lipinski definition) is 2. The van der Waals surface area contributed by atoms with Gasteiger partial charge < -0.3 is 4.74 Å². The highest BCUT2D eigenvalue weighted by atomic mass is 16.5. The Labute approximate surface area is 84.1 Å². The van der Waals surface area contributed by atoms with Gasteiger partial charge in [0, 0.05) is 11.0 Å². The molecule has 14 heavy (non-hydrogen) atoms. The van der Waals surface area contributed by atoms with E-state index in [1.165, 1.54) is 0 Å². The molecule has 0 spiro atoms. The zero-order chi connectivity index (χ0) is 10.8. The average molecular weight is 188 g/mol. The third kappa shape index (κ3) is 1.95. The van der Waals surface area contributed by atoms with Gasteiger partial charge in [-0.25, -0.2) is 10.1 Å². The van der Waals surface area contributed by atoms with E-state index in [1.54, 1.807) is 6.08 Å². The summed E-state index contributed by atoms with van der Waals surface area (Å²) >= 11 is 0. The zero-order valence-electron chi connectivity index (χ0n) is 8.59. The lowest BCUT2D eigenvalue weighted by Crippen LogP contribution is -2.09. The Kier molecular flexibility index (Phi) is 2.63. The first kappa shape index (κ1) is 10.3. The van der Waals surface area contributed by atoms with Crippen LogP contribution in [0.3, 0.4) is 0 Å². The van der Waals surface area contributed by atoms with Gasteiger partial charge in [-0.15, -0.1) is 0 Å². The van der Waals surface area contributed by atoms with Gasteiger partial charge in [0.1, 0.15) is 12.4 Å².